The molecule has 0 bridgehead atoms. The second-order valence-electron chi connectivity index (χ2n) is 8.49. The molecule has 4 aromatic carbocycles. The first kappa shape index (κ1) is 13.4. The van der Waals surface area contributed by atoms with Crippen LogP contribution in [0.15, 0.2) is 59.0 Å². The van der Waals surface area contributed by atoms with E-state index in [1.54, 1.807) is 6.07 Å². The van der Waals surface area contributed by atoms with E-state index in [2.05, 4.69) is 52.0 Å². The summed E-state index contributed by atoms with van der Waals surface area (Å²) in [5, 5.41) is 5.86. The van der Waals surface area contributed by atoms with Gasteiger partial charge in [-0.15, -0.1) is 0 Å². The van der Waals surface area contributed by atoms with Gasteiger partial charge in [0, 0.05) is 25.8 Å². The summed E-state index contributed by atoms with van der Waals surface area (Å²) in [6, 6.07) is 17.9. The van der Waals surface area contributed by atoms with Gasteiger partial charge >= 0.3 is 0 Å². The van der Waals surface area contributed by atoms with Crippen molar-refractivity contribution in [3.63, 3.8) is 0 Å². The summed E-state index contributed by atoms with van der Waals surface area (Å²) in [4.78, 5) is 0. The van der Waals surface area contributed by atoms with Crippen molar-refractivity contribution >= 4 is 43.5 Å². The molecule has 0 aliphatic rings. The van der Waals surface area contributed by atoms with Gasteiger partial charge in [-0.2, -0.15) is 0 Å². The van der Waals surface area contributed by atoms with Crippen molar-refractivity contribution in [1.29, 1.82) is 0 Å². The molecule has 27 heavy (non-hydrogen) atoms. The van der Waals surface area contributed by atoms with Crippen molar-refractivity contribution in [3.05, 3.63) is 71.3 Å². The van der Waals surface area contributed by atoms with Gasteiger partial charge in [0.15, 0.2) is 0 Å². The summed E-state index contributed by atoms with van der Waals surface area (Å²) in [6.07, 6.45) is 0. The van der Waals surface area contributed by atoms with Crippen LogP contribution in [0.5, 0.6) is 0 Å². The van der Waals surface area contributed by atoms with E-state index in [0.29, 0.717) is 5.56 Å². The van der Waals surface area contributed by atoms with E-state index in [1.165, 1.54) is 11.1 Å². The first-order chi connectivity index (χ1) is 14.1. The zero-order chi connectivity index (χ0) is 21.4. The summed E-state index contributed by atoms with van der Waals surface area (Å²) < 4.78 is 30.4. The lowest BCUT2D eigenvalue weighted by molar-refractivity contribution is 0.570. The number of aryl methyl sites for hydroxylation is 2. The Morgan fingerprint density at radius 1 is 0.741 bits per heavy atom. The summed E-state index contributed by atoms with van der Waals surface area (Å²) in [7, 11) is 0. The molecule has 0 spiro atoms. The first-order valence-electron chi connectivity index (χ1n) is 10.9. The Balaban J connectivity index is 2.01. The SMILES string of the molecule is [2H]C([2H])([2H])c1cccc2c1ccc1ccc3c4ccc(C)c(C(C)(C)C)c4oc3c12. The largest absolute Gasteiger partial charge is 0.455 e. The second kappa shape index (κ2) is 5.36. The summed E-state index contributed by atoms with van der Waals surface area (Å²) in [5.74, 6) is 0. The molecule has 0 unspecified atom stereocenters. The minimum Gasteiger partial charge on any atom is -0.455 e. The Hall–Kier alpha value is -2.80. The van der Waals surface area contributed by atoms with Crippen LogP contribution in [0.3, 0.4) is 0 Å². The number of benzene rings is 4. The van der Waals surface area contributed by atoms with Crippen LogP contribution in [0.1, 0.15) is 41.6 Å². The van der Waals surface area contributed by atoms with Crippen LogP contribution in [-0.4, -0.2) is 0 Å². The smallest absolute Gasteiger partial charge is 0.143 e. The quantitative estimate of drug-likeness (QED) is 0.258. The highest BCUT2D eigenvalue weighted by Gasteiger charge is 2.23. The van der Waals surface area contributed by atoms with E-state index in [9.17, 15) is 0 Å². The fourth-order valence-electron chi connectivity index (χ4n) is 4.50. The molecule has 0 radical (unpaired) electrons. The summed E-state index contributed by atoms with van der Waals surface area (Å²) in [5.41, 5.74) is 4.51. The predicted octanol–water partition coefficient (Wildman–Crippen LogP) is 7.81. The third-order valence-electron chi connectivity index (χ3n) is 5.61. The zero-order valence-electron chi connectivity index (χ0n) is 19.1. The number of hydrogen-bond donors (Lipinski definition) is 0. The van der Waals surface area contributed by atoms with Gasteiger partial charge in [-0.25, -0.2) is 0 Å². The van der Waals surface area contributed by atoms with Crippen molar-refractivity contribution in [2.45, 2.75) is 40.0 Å². The van der Waals surface area contributed by atoms with Gasteiger partial charge in [-0.1, -0.05) is 69.3 Å². The average Bonchev–Trinajstić information content (AvgIpc) is 3.03. The van der Waals surface area contributed by atoms with Gasteiger partial charge in [0.25, 0.3) is 0 Å². The van der Waals surface area contributed by atoms with Crippen molar-refractivity contribution in [2.24, 2.45) is 0 Å². The third-order valence-corrected chi connectivity index (χ3v) is 5.61. The molecule has 0 atom stereocenters. The van der Waals surface area contributed by atoms with E-state index in [0.717, 1.165) is 43.5 Å². The van der Waals surface area contributed by atoms with Gasteiger partial charge in [0.1, 0.15) is 11.2 Å². The molecular formula is C26H24O. The molecule has 134 valence electrons. The minimum absolute atomic E-state index is 0.0518. The maximum Gasteiger partial charge on any atom is 0.143 e. The molecule has 1 heterocycles. The minimum atomic E-state index is -2.16. The van der Waals surface area contributed by atoms with Crippen molar-refractivity contribution < 1.29 is 8.53 Å². The average molecular weight is 355 g/mol. The molecule has 0 amide bonds. The van der Waals surface area contributed by atoms with Crippen LogP contribution in [0.25, 0.3) is 43.5 Å². The highest BCUT2D eigenvalue weighted by Crippen LogP contribution is 2.42. The third kappa shape index (κ3) is 2.24. The Kier molecular flexibility index (Phi) is 2.65. The van der Waals surface area contributed by atoms with Crippen molar-refractivity contribution in [1.82, 2.24) is 0 Å². The van der Waals surface area contributed by atoms with Gasteiger partial charge < -0.3 is 4.42 Å². The Morgan fingerprint density at radius 3 is 2.19 bits per heavy atom. The van der Waals surface area contributed by atoms with Crippen LogP contribution in [0, 0.1) is 13.8 Å². The van der Waals surface area contributed by atoms with Crippen molar-refractivity contribution in [3.8, 4) is 0 Å². The molecule has 0 fully saturated rings. The van der Waals surface area contributed by atoms with E-state index in [-0.39, 0.29) is 5.41 Å². The van der Waals surface area contributed by atoms with Crippen LogP contribution in [0.2, 0.25) is 0 Å². The molecule has 0 saturated heterocycles. The van der Waals surface area contributed by atoms with E-state index >= 15 is 0 Å². The molecule has 5 rings (SSSR count). The molecule has 0 saturated carbocycles. The lowest BCUT2D eigenvalue weighted by Crippen LogP contribution is -2.13. The molecular weight excluding hydrogens is 328 g/mol. The number of fused-ring (bicyclic) bond motifs is 7. The first-order valence-corrected chi connectivity index (χ1v) is 9.38. The van der Waals surface area contributed by atoms with Gasteiger partial charge in [-0.05, 0) is 52.5 Å². The molecule has 0 aliphatic carbocycles. The van der Waals surface area contributed by atoms with E-state index < -0.39 is 6.85 Å². The predicted molar refractivity (Wildman–Crippen MR) is 117 cm³/mol. The fraction of sp³-hybridized carbons (Fsp3) is 0.231. The molecule has 0 N–H and O–H groups in total. The normalized spacial score (nSPS) is 14.7. The maximum atomic E-state index is 7.94. The van der Waals surface area contributed by atoms with Crippen LogP contribution >= 0.6 is 0 Å². The van der Waals surface area contributed by atoms with Gasteiger partial charge in [0.05, 0.1) is 0 Å². The number of rotatable bonds is 0. The lowest BCUT2D eigenvalue weighted by Gasteiger charge is -2.21. The Morgan fingerprint density at radius 2 is 1.44 bits per heavy atom. The van der Waals surface area contributed by atoms with Crippen LogP contribution in [0.4, 0.5) is 0 Å². The molecule has 1 nitrogen and oxygen atoms in total. The number of hydrogen-bond acceptors (Lipinski definition) is 1. The van der Waals surface area contributed by atoms with Gasteiger partial charge in [0.2, 0.25) is 0 Å². The topological polar surface area (TPSA) is 13.1 Å². The van der Waals surface area contributed by atoms with Gasteiger partial charge in [-0.3, -0.25) is 0 Å². The van der Waals surface area contributed by atoms with E-state index in [1.807, 2.05) is 24.3 Å². The Bertz CT molecular complexity index is 1460. The highest BCUT2D eigenvalue weighted by molar-refractivity contribution is 6.23. The summed E-state index contributed by atoms with van der Waals surface area (Å²) >= 11 is 0. The number of furan rings is 1. The zero-order valence-corrected chi connectivity index (χ0v) is 16.1. The lowest BCUT2D eigenvalue weighted by atomic mass is 9.83. The monoisotopic (exact) mass is 355 g/mol. The Labute approximate surface area is 163 Å². The van der Waals surface area contributed by atoms with Crippen molar-refractivity contribution in [2.75, 3.05) is 0 Å². The highest BCUT2D eigenvalue weighted by atomic mass is 16.3. The van der Waals surface area contributed by atoms with E-state index in [4.69, 9.17) is 8.53 Å². The second-order valence-corrected chi connectivity index (χ2v) is 8.49. The standard InChI is InChI=1S/C26H24O/c1-15-7-6-8-19-18(15)13-10-17-11-14-20-21-12-9-16(2)23(26(3,4)5)25(21)27-24(20)22(17)19/h6-14H,1-5H3/i1D3. The van der Waals surface area contributed by atoms with Crippen LogP contribution in [-0.2, 0) is 5.41 Å². The summed E-state index contributed by atoms with van der Waals surface area (Å²) in [6.45, 7) is 6.59. The molecule has 0 aliphatic heterocycles. The van der Waals surface area contributed by atoms with Crippen LogP contribution < -0.4 is 0 Å². The fourth-order valence-corrected chi connectivity index (χ4v) is 4.50. The molecule has 5 aromatic rings. The molecule has 1 heteroatoms. The maximum absolute atomic E-state index is 7.94. The molecule has 1 aromatic heterocycles.